The van der Waals surface area contributed by atoms with Gasteiger partial charge in [-0.2, -0.15) is 0 Å². The first kappa shape index (κ1) is 34.4. The molecule has 0 fully saturated rings. The summed E-state index contributed by atoms with van der Waals surface area (Å²) in [5.41, 5.74) is 13.3. The highest BCUT2D eigenvalue weighted by molar-refractivity contribution is 9.10. The third-order valence-corrected chi connectivity index (χ3v) is 12.7. The second-order valence-electron chi connectivity index (χ2n) is 14.4. The molecule has 4 heterocycles. The van der Waals surface area contributed by atoms with Crippen LogP contribution in [0.15, 0.2) is 205 Å². The van der Waals surface area contributed by atoms with E-state index >= 15 is 0 Å². The minimum Gasteiger partial charge on any atom is -0.310 e. The van der Waals surface area contributed by atoms with E-state index in [0.717, 1.165) is 66.3 Å². The number of thiophene rings is 1. The summed E-state index contributed by atoms with van der Waals surface area (Å²) in [6.45, 7) is 0. The number of para-hydroxylation sites is 2. The van der Waals surface area contributed by atoms with Crippen molar-refractivity contribution in [1.82, 2.24) is 14.5 Å². The van der Waals surface area contributed by atoms with Gasteiger partial charge in [0.25, 0.3) is 0 Å². The van der Waals surface area contributed by atoms with Crippen LogP contribution >= 0.6 is 27.3 Å². The first-order valence-corrected chi connectivity index (χ1v) is 20.8. The van der Waals surface area contributed by atoms with Crippen molar-refractivity contribution in [3.8, 4) is 39.2 Å². The number of hydrogen-bond acceptors (Lipinski definition) is 4. The summed E-state index contributed by atoms with van der Waals surface area (Å²) in [4.78, 5) is 11.4. The number of aromatic nitrogens is 3. The molecule has 0 saturated carbocycles. The molecule has 0 aliphatic rings. The topological polar surface area (TPSA) is 34.0 Å². The highest BCUT2D eigenvalue weighted by Gasteiger charge is 2.22. The molecule has 4 nitrogen and oxygen atoms in total. The molecule has 0 unspecified atom stereocenters. The van der Waals surface area contributed by atoms with Gasteiger partial charge < -0.3 is 9.47 Å². The molecule has 0 N–H and O–H groups in total. The Morgan fingerprint density at radius 1 is 0.500 bits per heavy atom. The van der Waals surface area contributed by atoms with Crippen LogP contribution in [0, 0.1) is 0 Å². The second-order valence-corrected chi connectivity index (χ2v) is 16.4. The van der Waals surface area contributed by atoms with Gasteiger partial charge in [-0.3, -0.25) is 9.97 Å². The Morgan fingerprint density at radius 2 is 1.28 bits per heavy atom. The third kappa shape index (κ3) is 5.88. The fourth-order valence-corrected chi connectivity index (χ4v) is 9.71. The van der Waals surface area contributed by atoms with Crippen molar-refractivity contribution in [3.63, 3.8) is 0 Å². The van der Waals surface area contributed by atoms with E-state index in [0.29, 0.717) is 0 Å². The molecule has 0 saturated heterocycles. The van der Waals surface area contributed by atoms with E-state index in [1.54, 1.807) is 0 Å². The minimum absolute atomic E-state index is 0.956. The molecule has 0 spiro atoms. The molecule has 11 aromatic rings. The number of benzene rings is 7. The van der Waals surface area contributed by atoms with Gasteiger partial charge in [-0.1, -0.05) is 101 Å². The third-order valence-electron chi connectivity index (χ3n) is 11.0. The Kier molecular flexibility index (Phi) is 8.46. The zero-order valence-electron chi connectivity index (χ0n) is 31.1. The molecular weight excluding hydrogens is 793 g/mol. The Bertz CT molecular complexity index is 3270. The van der Waals surface area contributed by atoms with E-state index in [2.05, 4.69) is 199 Å². The fraction of sp³-hybridized carbons (Fsp3) is 0. The van der Waals surface area contributed by atoms with Gasteiger partial charge in [0.05, 0.1) is 22.4 Å². The SMILES string of the molecule is Brc1ccc(-c2ccccc2N(c2ccccc2)c2ccc3c4c5c(ccc4n(-c4ccc(-c6ccccn6)cc4)c3c2)sc2ccc(-c3cccnc3)cc25)cc1. The maximum absolute atomic E-state index is 4.63. The summed E-state index contributed by atoms with van der Waals surface area (Å²) < 4.78 is 6.04. The maximum atomic E-state index is 4.63. The van der Waals surface area contributed by atoms with E-state index < -0.39 is 0 Å². The van der Waals surface area contributed by atoms with E-state index in [-0.39, 0.29) is 0 Å². The lowest BCUT2D eigenvalue weighted by Gasteiger charge is -2.28. The van der Waals surface area contributed by atoms with Crippen LogP contribution < -0.4 is 4.90 Å². The van der Waals surface area contributed by atoms with Gasteiger partial charge in [0.15, 0.2) is 0 Å². The van der Waals surface area contributed by atoms with Gasteiger partial charge in [0.1, 0.15) is 0 Å². The van der Waals surface area contributed by atoms with Gasteiger partial charge in [-0.25, -0.2) is 0 Å². The predicted molar refractivity (Wildman–Crippen MR) is 248 cm³/mol. The van der Waals surface area contributed by atoms with Crippen molar-refractivity contribution < 1.29 is 0 Å². The van der Waals surface area contributed by atoms with Crippen LogP contribution in [-0.2, 0) is 0 Å². The minimum atomic E-state index is 0.956. The van der Waals surface area contributed by atoms with E-state index in [9.17, 15) is 0 Å². The van der Waals surface area contributed by atoms with Crippen LogP contribution in [0.3, 0.4) is 0 Å². The Balaban J connectivity index is 1.19. The molecule has 0 aliphatic heterocycles. The summed E-state index contributed by atoms with van der Waals surface area (Å²) in [5, 5.41) is 5.00. The standard InChI is InChI=1S/C52H33BrN4S/c53-38-20-15-34(16-21-38)42-12-4-5-14-46(42)56(39-10-2-1-3-11-39)41-24-25-43-48(32-41)57(40-22-17-35(18-23-40)45-13-6-7-30-55-45)47-26-28-50-52(51(43)47)44-31-36(19-27-49(44)58-50)37-9-8-29-54-33-37/h1-33H. The van der Waals surface area contributed by atoms with Crippen LogP contribution in [0.2, 0.25) is 0 Å². The van der Waals surface area contributed by atoms with Crippen molar-refractivity contribution in [3.05, 3.63) is 205 Å². The van der Waals surface area contributed by atoms with Crippen LogP contribution in [-0.4, -0.2) is 14.5 Å². The summed E-state index contributed by atoms with van der Waals surface area (Å²) in [6, 6.07) is 65.4. The molecule has 0 atom stereocenters. The lowest BCUT2D eigenvalue weighted by atomic mass is 10.0. The number of rotatable bonds is 7. The Hall–Kier alpha value is -6.86. The van der Waals surface area contributed by atoms with Crippen molar-refractivity contribution >= 4 is 86.3 Å². The van der Waals surface area contributed by atoms with Crippen LogP contribution in [0.1, 0.15) is 0 Å². The van der Waals surface area contributed by atoms with Gasteiger partial charge in [-0.15, -0.1) is 11.3 Å². The summed E-state index contributed by atoms with van der Waals surface area (Å²) >= 11 is 5.49. The van der Waals surface area contributed by atoms with Crippen LogP contribution in [0.25, 0.3) is 81.2 Å². The van der Waals surface area contributed by atoms with Crippen LogP contribution in [0.5, 0.6) is 0 Å². The van der Waals surface area contributed by atoms with E-state index in [1.807, 2.05) is 48.1 Å². The zero-order chi connectivity index (χ0) is 38.6. The highest BCUT2D eigenvalue weighted by atomic mass is 79.9. The monoisotopic (exact) mass is 824 g/mol. The van der Waals surface area contributed by atoms with Gasteiger partial charge in [0.2, 0.25) is 0 Å². The second kappa shape index (κ2) is 14.3. The molecule has 6 heteroatoms. The average molecular weight is 826 g/mol. The molecule has 4 aromatic heterocycles. The smallest absolute Gasteiger partial charge is 0.0701 e. The molecule has 0 aliphatic carbocycles. The fourth-order valence-electron chi connectivity index (χ4n) is 8.35. The first-order chi connectivity index (χ1) is 28.7. The lowest BCUT2D eigenvalue weighted by molar-refractivity contribution is 1.18. The number of fused-ring (bicyclic) bond motifs is 7. The lowest BCUT2D eigenvalue weighted by Crippen LogP contribution is -2.11. The largest absolute Gasteiger partial charge is 0.310 e. The summed E-state index contributed by atoms with van der Waals surface area (Å²) in [5.74, 6) is 0. The predicted octanol–water partition coefficient (Wildman–Crippen LogP) is 15.2. The van der Waals surface area contributed by atoms with Crippen molar-refractivity contribution in [2.45, 2.75) is 0 Å². The van der Waals surface area contributed by atoms with Gasteiger partial charge in [-0.05, 0) is 108 Å². The summed E-state index contributed by atoms with van der Waals surface area (Å²) in [7, 11) is 0. The highest BCUT2D eigenvalue weighted by Crippen LogP contribution is 2.47. The van der Waals surface area contributed by atoms with Gasteiger partial charge >= 0.3 is 0 Å². The van der Waals surface area contributed by atoms with E-state index in [4.69, 9.17) is 0 Å². The summed E-state index contributed by atoms with van der Waals surface area (Å²) in [6.07, 6.45) is 5.62. The number of halogens is 1. The van der Waals surface area contributed by atoms with Gasteiger partial charge in [0, 0.05) is 87.8 Å². The molecule has 0 radical (unpaired) electrons. The normalized spacial score (nSPS) is 11.5. The first-order valence-electron chi connectivity index (χ1n) is 19.2. The zero-order valence-corrected chi connectivity index (χ0v) is 33.5. The van der Waals surface area contributed by atoms with Crippen molar-refractivity contribution in [2.75, 3.05) is 4.90 Å². The molecule has 11 rings (SSSR count). The van der Waals surface area contributed by atoms with Crippen molar-refractivity contribution in [2.24, 2.45) is 0 Å². The molecule has 274 valence electrons. The average Bonchev–Trinajstić information content (AvgIpc) is 3.83. The van der Waals surface area contributed by atoms with E-state index in [1.165, 1.54) is 36.5 Å². The Morgan fingerprint density at radius 3 is 2.09 bits per heavy atom. The maximum Gasteiger partial charge on any atom is 0.0701 e. The molecular formula is C52H33BrN4S. The molecule has 58 heavy (non-hydrogen) atoms. The van der Waals surface area contributed by atoms with Crippen LogP contribution in [0.4, 0.5) is 17.1 Å². The number of nitrogens with zero attached hydrogens (tertiary/aromatic N) is 4. The molecule has 7 aromatic carbocycles. The number of hydrogen-bond donors (Lipinski definition) is 0. The van der Waals surface area contributed by atoms with Crippen molar-refractivity contribution in [1.29, 1.82) is 0 Å². The quantitative estimate of drug-likeness (QED) is 0.161. The number of anilines is 3. The molecule has 0 bridgehead atoms. The Labute approximate surface area is 348 Å². The number of pyridine rings is 2. The molecule has 0 amide bonds.